The second kappa shape index (κ2) is 5.76. The van der Waals surface area contributed by atoms with E-state index in [2.05, 4.69) is 4.98 Å². The molecule has 2 atom stereocenters. The van der Waals surface area contributed by atoms with Gasteiger partial charge < -0.3 is 9.84 Å². The van der Waals surface area contributed by atoms with Gasteiger partial charge in [0.05, 0.1) is 36.4 Å². The number of rotatable bonds is 5. The molecule has 0 bridgehead atoms. The molecule has 2 heterocycles. The van der Waals surface area contributed by atoms with Gasteiger partial charge in [-0.1, -0.05) is 6.92 Å². The molecule has 1 aliphatic heterocycles. The third-order valence-corrected chi connectivity index (χ3v) is 6.56. The fourth-order valence-corrected chi connectivity index (χ4v) is 5.12. The number of nitrogens with zero attached hydrogens (tertiary/aromatic N) is 2. The van der Waals surface area contributed by atoms with Crippen molar-refractivity contribution in [3.05, 3.63) is 11.2 Å². The van der Waals surface area contributed by atoms with Gasteiger partial charge in [-0.2, -0.15) is 4.31 Å². The molecule has 9 heteroatoms. The summed E-state index contributed by atoms with van der Waals surface area (Å²) in [6, 6.07) is -0.676. The van der Waals surface area contributed by atoms with E-state index in [-0.39, 0.29) is 24.0 Å². The minimum Gasteiger partial charge on any atom is -0.481 e. The van der Waals surface area contributed by atoms with Crippen LogP contribution < -0.4 is 0 Å². The van der Waals surface area contributed by atoms with Gasteiger partial charge in [0.25, 0.3) is 10.0 Å². The van der Waals surface area contributed by atoms with Crippen molar-refractivity contribution in [3.8, 4) is 0 Å². The number of carbonyl (C=O) groups is 1. The number of hydrogen-bond acceptors (Lipinski definition) is 6. The van der Waals surface area contributed by atoms with Crippen molar-refractivity contribution >= 4 is 27.3 Å². The molecule has 112 valence electrons. The Labute approximate surface area is 121 Å². The van der Waals surface area contributed by atoms with E-state index in [1.807, 2.05) is 0 Å². The Hall–Kier alpha value is -1.03. The van der Waals surface area contributed by atoms with Crippen molar-refractivity contribution in [2.75, 3.05) is 19.8 Å². The maximum atomic E-state index is 12.6. The molecule has 1 aromatic rings. The first kappa shape index (κ1) is 15.4. The number of carboxylic acid groups (broad SMARTS) is 1. The summed E-state index contributed by atoms with van der Waals surface area (Å²) in [7, 11) is -3.73. The van der Waals surface area contributed by atoms with Crippen molar-refractivity contribution in [3.63, 3.8) is 0 Å². The molecule has 0 radical (unpaired) electrons. The highest BCUT2D eigenvalue weighted by Gasteiger charge is 2.43. The second-order valence-electron chi connectivity index (χ2n) is 4.46. The number of thiazole rings is 1. The van der Waals surface area contributed by atoms with Crippen LogP contribution in [0.5, 0.6) is 0 Å². The first-order valence-corrected chi connectivity index (χ1v) is 8.38. The van der Waals surface area contributed by atoms with Gasteiger partial charge in [-0.3, -0.25) is 4.79 Å². The van der Waals surface area contributed by atoms with E-state index in [0.29, 0.717) is 5.01 Å². The Morgan fingerprint density at radius 3 is 2.80 bits per heavy atom. The maximum Gasteiger partial charge on any atom is 0.310 e. The number of aryl methyl sites for hydroxylation is 1. The highest BCUT2D eigenvalue weighted by Crippen LogP contribution is 2.28. The molecule has 1 fully saturated rings. The number of aromatic nitrogens is 1. The monoisotopic (exact) mass is 320 g/mol. The molecule has 0 saturated carbocycles. The van der Waals surface area contributed by atoms with E-state index >= 15 is 0 Å². The van der Waals surface area contributed by atoms with Gasteiger partial charge in [0.1, 0.15) is 0 Å². The van der Waals surface area contributed by atoms with Gasteiger partial charge in [0, 0.05) is 6.54 Å². The minimum absolute atomic E-state index is 0.0355. The second-order valence-corrected chi connectivity index (χ2v) is 7.81. The highest BCUT2D eigenvalue weighted by molar-refractivity contribution is 7.91. The van der Waals surface area contributed by atoms with Gasteiger partial charge >= 0.3 is 5.97 Å². The molecule has 1 saturated heterocycles. The number of likely N-dealkylation sites (N-methyl/N-ethyl adjacent to an activating group) is 1. The zero-order valence-corrected chi connectivity index (χ0v) is 12.8. The first-order valence-electron chi connectivity index (χ1n) is 6.12. The Balaban J connectivity index is 2.34. The van der Waals surface area contributed by atoms with Crippen LogP contribution in [-0.4, -0.2) is 54.6 Å². The van der Waals surface area contributed by atoms with Gasteiger partial charge in [0.2, 0.25) is 0 Å². The lowest BCUT2D eigenvalue weighted by Crippen LogP contribution is -2.46. The molecule has 0 aromatic carbocycles. The molecule has 2 rings (SSSR count). The molecule has 0 spiro atoms. The molecule has 0 aliphatic carbocycles. The Kier molecular flexibility index (Phi) is 4.43. The number of aliphatic carboxylic acids is 1. The Bertz CT molecular complexity index is 598. The summed E-state index contributed by atoms with van der Waals surface area (Å²) in [6.45, 7) is 3.73. The van der Waals surface area contributed by atoms with Crippen LogP contribution in [0.1, 0.15) is 11.9 Å². The molecule has 0 amide bonds. The van der Waals surface area contributed by atoms with E-state index in [1.165, 1.54) is 10.5 Å². The van der Waals surface area contributed by atoms with Gasteiger partial charge in [-0.25, -0.2) is 13.4 Å². The van der Waals surface area contributed by atoms with E-state index < -0.39 is 28.0 Å². The average Bonchev–Trinajstić information content (AvgIpc) is 2.98. The lowest BCUT2D eigenvalue weighted by atomic mass is 10.0. The van der Waals surface area contributed by atoms with E-state index in [0.717, 1.165) is 11.3 Å². The van der Waals surface area contributed by atoms with E-state index in [1.54, 1.807) is 13.8 Å². The van der Waals surface area contributed by atoms with Crippen molar-refractivity contribution in [2.24, 2.45) is 5.92 Å². The van der Waals surface area contributed by atoms with Crippen LogP contribution in [0.4, 0.5) is 0 Å². The third-order valence-electron chi connectivity index (χ3n) is 3.21. The van der Waals surface area contributed by atoms with Crippen LogP contribution in [-0.2, 0) is 19.6 Å². The highest BCUT2D eigenvalue weighted by atomic mass is 32.2. The van der Waals surface area contributed by atoms with Crippen LogP contribution in [0.15, 0.2) is 10.4 Å². The van der Waals surface area contributed by atoms with Crippen LogP contribution in [0.25, 0.3) is 0 Å². The Morgan fingerprint density at radius 1 is 1.60 bits per heavy atom. The normalized spacial score (nSPS) is 23.4. The topological polar surface area (TPSA) is 96.8 Å². The lowest BCUT2D eigenvalue weighted by molar-refractivity contribution is -0.142. The maximum absolute atomic E-state index is 12.6. The van der Waals surface area contributed by atoms with Crippen LogP contribution >= 0.6 is 11.3 Å². The average molecular weight is 320 g/mol. The van der Waals surface area contributed by atoms with Crippen LogP contribution in [0.2, 0.25) is 0 Å². The van der Waals surface area contributed by atoms with Crippen molar-refractivity contribution < 1.29 is 23.1 Å². The van der Waals surface area contributed by atoms with Gasteiger partial charge in [0.15, 0.2) is 4.21 Å². The van der Waals surface area contributed by atoms with Crippen molar-refractivity contribution in [1.29, 1.82) is 0 Å². The van der Waals surface area contributed by atoms with Gasteiger partial charge in [-0.05, 0) is 6.92 Å². The molecule has 1 aromatic heterocycles. The van der Waals surface area contributed by atoms with Crippen LogP contribution in [0.3, 0.4) is 0 Å². The predicted octanol–water partition coefficient (Wildman–Crippen LogP) is 0.562. The predicted molar refractivity (Wildman–Crippen MR) is 72.1 cm³/mol. The number of ether oxygens (including phenoxy) is 1. The molecule has 2 unspecified atom stereocenters. The van der Waals surface area contributed by atoms with Gasteiger partial charge in [-0.15, -0.1) is 11.3 Å². The quantitative estimate of drug-likeness (QED) is 0.851. The third kappa shape index (κ3) is 2.71. The minimum atomic E-state index is -3.73. The van der Waals surface area contributed by atoms with E-state index in [4.69, 9.17) is 9.84 Å². The fourth-order valence-electron chi connectivity index (χ4n) is 2.22. The SMILES string of the molecule is CCN(C1COCC1C(=O)O)S(=O)(=O)c1cnc(C)s1. The van der Waals surface area contributed by atoms with Crippen LogP contribution in [0, 0.1) is 12.8 Å². The molecule has 1 aliphatic rings. The summed E-state index contributed by atoms with van der Waals surface area (Å²) in [6.07, 6.45) is 1.31. The van der Waals surface area contributed by atoms with Crippen molar-refractivity contribution in [1.82, 2.24) is 9.29 Å². The summed E-state index contributed by atoms with van der Waals surface area (Å²) in [5, 5.41) is 9.81. The first-order chi connectivity index (χ1) is 9.37. The zero-order valence-electron chi connectivity index (χ0n) is 11.1. The molecule has 7 nitrogen and oxygen atoms in total. The standard InChI is InChI=1S/C11H16N2O5S2/c1-3-13(9-6-18-5-8(9)11(14)15)20(16,17)10-4-12-7(2)19-10/h4,8-9H,3,5-6H2,1-2H3,(H,14,15). The summed E-state index contributed by atoms with van der Waals surface area (Å²) < 4.78 is 31.6. The summed E-state index contributed by atoms with van der Waals surface area (Å²) in [5.74, 6) is -1.87. The number of carboxylic acids is 1. The summed E-state index contributed by atoms with van der Waals surface area (Å²) in [5.41, 5.74) is 0. The zero-order chi connectivity index (χ0) is 14.9. The molecule has 1 N–H and O–H groups in total. The molecular weight excluding hydrogens is 304 g/mol. The van der Waals surface area contributed by atoms with E-state index in [9.17, 15) is 13.2 Å². The number of sulfonamides is 1. The summed E-state index contributed by atoms with van der Waals surface area (Å²) in [4.78, 5) is 15.1. The fraction of sp³-hybridized carbons (Fsp3) is 0.636. The molecular formula is C11H16N2O5S2. The lowest BCUT2D eigenvalue weighted by Gasteiger charge is -2.27. The van der Waals surface area contributed by atoms with Crippen molar-refractivity contribution in [2.45, 2.75) is 24.1 Å². The smallest absolute Gasteiger partial charge is 0.310 e. The number of hydrogen-bond donors (Lipinski definition) is 1. The summed E-state index contributed by atoms with van der Waals surface area (Å²) >= 11 is 1.08. The molecule has 20 heavy (non-hydrogen) atoms. The Morgan fingerprint density at radius 2 is 2.30 bits per heavy atom. The largest absolute Gasteiger partial charge is 0.481 e.